The molecular weight excluding hydrogens is 915 g/mol. The normalized spacial score (nSPS) is 12.8. The van der Waals surface area contributed by atoms with Gasteiger partial charge in [-0.2, -0.15) is 0 Å². The Labute approximate surface area is 441 Å². The highest BCUT2D eigenvalue weighted by Gasteiger charge is 2.52. The first-order chi connectivity index (χ1) is 37.7. The minimum absolute atomic E-state index is 0.538. The van der Waals surface area contributed by atoms with Crippen molar-refractivity contribution in [3.63, 3.8) is 0 Å². The molecule has 0 bridgehead atoms. The van der Waals surface area contributed by atoms with Crippen molar-refractivity contribution in [1.82, 2.24) is 0 Å². The number of nitrogens with zero attached hydrogens (tertiary/aromatic N) is 1. The Bertz CT molecular complexity index is 4620. The monoisotopic (exact) mass is 961 g/mol. The molecule has 0 unspecified atom stereocenters. The molecule has 0 fully saturated rings. The maximum atomic E-state index is 2.58. The zero-order chi connectivity index (χ0) is 49.9. The summed E-state index contributed by atoms with van der Waals surface area (Å²) in [5.41, 5.74) is 20.3. The number of hydrogen-bond acceptors (Lipinski definition) is 1. The smallest absolute Gasteiger partial charge is 0.0726 e. The molecule has 0 N–H and O–H groups in total. The van der Waals surface area contributed by atoms with Gasteiger partial charge in [0.25, 0.3) is 0 Å². The fraction of sp³-hybridized carbons (Fsp3) is 0.0133. The Hall–Kier alpha value is -9.82. The third-order valence-electron chi connectivity index (χ3n) is 16.8. The van der Waals surface area contributed by atoms with Gasteiger partial charge >= 0.3 is 0 Å². The van der Waals surface area contributed by atoms with Crippen LogP contribution in [0, 0.1) is 0 Å². The van der Waals surface area contributed by atoms with Crippen molar-refractivity contribution in [3.05, 3.63) is 307 Å². The molecule has 1 heteroatoms. The van der Waals surface area contributed by atoms with Crippen molar-refractivity contribution in [2.75, 3.05) is 4.90 Å². The van der Waals surface area contributed by atoms with Crippen LogP contribution in [0.2, 0.25) is 0 Å². The maximum Gasteiger partial charge on any atom is 0.0726 e. The van der Waals surface area contributed by atoms with E-state index in [-0.39, 0.29) is 0 Å². The summed E-state index contributed by atoms with van der Waals surface area (Å²) in [5.74, 6) is 0. The van der Waals surface area contributed by atoms with Gasteiger partial charge in [-0.15, -0.1) is 0 Å². The van der Waals surface area contributed by atoms with E-state index in [1.165, 1.54) is 115 Å². The molecule has 0 aromatic heterocycles. The van der Waals surface area contributed by atoms with Gasteiger partial charge in [0.05, 0.1) is 11.1 Å². The third-order valence-corrected chi connectivity index (χ3v) is 16.8. The predicted octanol–water partition coefficient (Wildman–Crippen LogP) is 20.3. The van der Waals surface area contributed by atoms with E-state index in [0.717, 1.165) is 33.8 Å². The van der Waals surface area contributed by atoms with Crippen LogP contribution in [0.15, 0.2) is 285 Å². The van der Waals surface area contributed by atoms with E-state index in [1.54, 1.807) is 0 Å². The van der Waals surface area contributed by atoms with Crippen LogP contribution in [-0.4, -0.2) is 0 Å². The quantitative estimate of drug-likeness (QED) is 0.150. The molecule has 0 aliphatic heterocycles. The van der Waals surface area contributed by atoms with Crippen molar-refractivity contribution < 1.29 is 0 Å². The highest BCUT2D eigenvalue weighted by atomic mass is 15.1. The SMILES string of the molecule is c1ccc(-c2cccc(N(c3ccc4c5ccccc5c5ccccc5c4c3)c3cc4c(cc3-c3ccc(-c5cc6ccccc6c6ccccc56)cc3)-c3ccccc3C43c4ccccc4-c4ccccc43)c2)cc1. The van der Waals surface area contributed by atoms with Gasteiger partial charge in [0.15, 0.2) is 0 Å². The number of benzene rings is 14. The second kappa shape index (κ2) is 16.6. The highest BCUT2D eigenvalue weighted by molar-refractivity contribution is 6.26. The molecule has 0 saturated heterocycles. The van der Waals surface area contributed by atoms with Crippen LogP contribution in [-0.2, 0) is 5.41 Å². The molecule has 352 valence electrons. The molecule has 0 saturated carbocycles. The summed E-state index contributed by atoms with van der Waals surface area (Å²) in [5, 5.41) is 12.6. The van der Waals surface area contributed by atoms with Crippen LogP contribution in [0.25, 0.3) is 109 Å². The largest absolute Gasteiger partial charge is 0.310 e. The molecule has 0 radical (unpaired) electrons. The third kappa shape index (κ3) is 6.15. The van der Waals surface area contributed by atoms with Crippen molar-refractivity contribution in [3.8, 4) is 55.6 Å². The van der Waals surface area contributed by atoms with Gasteiger partial charge in [-0.1, -0.05) is 243 Å². The van der Waals surface area contributed by atoms with E-state index in [9.17, 15) is 0 Å². The molecule has 1 nitrogen and oxygen atoms in total. The summed E-state index contributed by atoms with van der Waals surface area (Å²) in [6.45, 7) is 0. The fourth-order valence-corrected chi connectivity index (χ4v) is 13.6. The Morgan fingerprint density at radius 2 is 0.671 bits per heavy atom. The van der Waals surface area contributed by atoms with E-state index < -0.39 is 5.41 Å². The van der Waals surface area contributed by atoms with Gasteiger partial charge in [0.1, 0.15) is 0 Å². The molecule has 76 heavy (non-hydrogen) atoms. The van der Waals surface area contributed by atoms with Gasteiger partial charge in [-0.3, -0.25) is 0 Å². The Morgan fingerprint density at radius 1 is 0.211 bits per heavy atom. The topological polar surface area (TPSA) is 3.24 Å². The van der Waals surface area contributed by atoms with Crippen molar-refractivity contribution in [2.24, 2.45) is 0 Å². The lowest BCUT2D eigenvalue weighted by molar-refractivity contribution is 0.794. The minimum Gasteiger partial charge on any atom is -0.310 e. The van der Waals surface area contributed by atoms with E-state index in [0.29, 0.717) is 0 Å². The van der Waals surface area contributed by atoms with Gasteiger partial charge in [0, 0.05) is 16.9 Å². The lowest BCUT2D eigenvalue weighted by Crippen LogP contribution is -2.26. The molecule has 0 amide bonds. The number of hydrogen-bond donors (Lipinski definition) is 0. The first-order valence-electron chi connectivity index (χ1n) is 26.5. The van der Waals surface area contributed by atoms with Gasteiger partial charge in [-0.05, 0) is 169 Å². The van der Waals surface area contributed by atoms with E-state index in [2.05, 4.69) is 290 Å². The summed E-state index contributed by atoms with van der Waals surface area (Å²) in [7, 11) is 0. The Balaban J connectivity index is 1.01. The van der Waals surface area contributed by atoms with Gasteiger partial charge < -0.3 is 4.90 Å². The molecule has 2 aliphatic rings. The Morgan fingerprint density at radius 3 is 1.30 bits per heavy atom. The average molecular weight is 962 g/mol. The molecule has 1 spiro atoms. The molecule has 14 aromatic rings. The van der Waals surface area contributed by atoms with Crippen molar-refractivity contribution >= 4 is 70.9 Å². The second-order valence-corrected chi connectivity index (χ2v) is 20.6. The number of anilines is 3. The zero-order valence-corrected chi connectivity index (χ0v) is 41.6. The molecule has 0 heterocycles. The van der Waals surface area contributed by atoms with E-state index in [1.807, 2.05) is 0 Å². The van der Waals surface area contributed by atoms with Gasteiger partial charge in [0.2, 0.25) is 0 Å². The lowest BCUT2D eigenvalue weighted by atomic mass is 9.70. The fourth-order valence-electron chi connectivity index (χ4n) is 13.6. The lowest BCUT2D eigenvalue weighted by Gasteiger charge is -2.33. The first kappa shape index (κ1) is 42.7. The van der Waals surface area contributed by atoms with Crippen LogP contribution in [0.1, 0.15) is 22.3 Å². The first-order valence-corrected chi connectivity index (χ1v) is 26.5. The standard InChI is InChI=1S/C75H47N/c1-2-19-48(20-3-1)51-22-18-23-53(43-51)76(54-41-42-62-59-28-8-7-26-57(59)58-27-9-11-30-61(58)68(62)45-54)74-47-73-69(65-33-14-17-36-72(65)75(73)70-34-15-12-31-63(70)64-32-13-16-35-71(64)75)46-67(74)50-39-37-49(38-40-50)66-44-52-21-4-5-24-55(52)56-25-6-10-29-60(56)66/h1-47H. The van der Waals surface area contributed by atoms with Crippen LogP contribution in [0.3, 0.4) is 0 Å². The Kier molecular flexibility index (Phi) is 9.32. The van der Waals surface area contributed by atoms with E-state index >= 15 is 0 Å². The summed E-state index contributed by atoms with van der Waals surface area (Å²) >= 11 is 0. The highest BCUT2D eigenvalue weighted by Crippen LogP contribution is 2.64. The molecule has 0 atom stereocenters. The summed E-state index contributed by atoms with van der Waals surface area (Å²) in [4.78, 5) is 2.56. The molecule has 2 aliphatic carbocycles. The molecule has 14 aromatic carbocycles. The summed E-state index contributed by atoms with van der Waals surface area (Å²) < 4.78 is 0. The van der Waals surface area contributed by atoms with E-state index in [4.69, 9.17) is 0 Å². The number of rotatable bonds is 6. The van der Waals surface area contributed by atoms with Crippen molar-refractivity contribution in [1.29, 1.82) is 0 Å². The van der Waals surface area contributed by atoms with Gasteiger partial charge in [-0.25, -0.2) is 0 Å². The predicted molar refractivity (Wildman–Crippen MR) is 321 cm³/mol. The maximum absolute atomic E-state index is 2.58. The van der Waals surface area contributed by atoms with Crippen LogP contribution in [0.4, 0.5) is 17.1 Å². The second-order valence-electron chi connectivity index (χ2n) is 20.6. The zero-order valence-electron chi connectivity index (χ0n) is 41.6. The minimum atomic E-state index is -0.538. The average Bonchev–Trinajstić information content (AvgIpc) is 4.19. The molecule has 16 rings (SSSR count). The van der Waals surface area contributed by atoms with Crippen LogP contribution >= 0.6 is 0 Å². The molecular formula is C75H47N. The summed E-state index contributed by atoms with van der Waals surface area (Å²) in [6, 6.07) is 107. The number of fused-ring (bicyclic) bond motifs is 19. The summed E-state index contributed by atoms with van der Waals surface area (Å²) in [6.07, 6.45) is 0. The van der Waals surface area contributed by atoms with Crippen LogP contribution < -0.4 is 4.90 Å². The van der Waals surface area contributed by atoms with Crippen LogP contribution in [0.5, 0.6) is 0 Å². The van der Waals surface area contributed by atoms with Crippen molar-refractivity contribution in [2.45, 2.75) is 5.41 Å².